The Kier molecular flexibility index (Phi) is 6.37. The first-order valence-corrected chi connectivity index (χ1v) is 9.71. The van der Waals surface area contributed by atoms with E-state index in [4.69, 9.17) is 9.47 Å². The average Bonchev–Trinajstić information content (AvgIpc) is 2.67. The predicted octanol–water partition coefficient (Wildman–Crippen LogP) is 3.25. The number of fused-ring (bicyclic) bond motifs is 1. The molecule has 1 saturated heterocycles. The third kappa shape index (κ3) is 5.02. The molecular formula is C21H28N2O4. The predicted molar refractivity (Wildman–Crippen MR) is 105 cm³/mol. The van der Waals surface area contributed by atoms with Crippen LogP contribution < -0.4 is 4.90 Å². The monoisotopic (exact) mass is 372 g/mol. The van der Waals surface area contributed by atoms with Crippen molar-refractivity contribution in [3.05, 3.63) is 35.4 Å². The molecule has 0 aromatic heterocycles. The smallest absolute Gasteiger partial charge is 0.409 e. The Morgan fingerprint density at radius 2 is 2.00 bits per heavy atom. The van der Waals surface area contributed by atoms with Crippen LogP contribution in [-0.2, 0) is 20.7 Å². The van der Waals surface area contributed by atoms with E-state index in [1.807, 2.05) is 12.1 Å². The number of carbonyl (C=O) groups excluding carboxylic acids is 2. The molecule has 1 aromatic rings. The minimum atomic E-state index is -0.334. The number of aryl methyl sites for hydroxylation is 1. The summed E-state index contributed by atoms with van der Waals surface area (Å²) in [4.78, 5) is 27.7. The number of likely N-dealkylation sites (tertiary alicyclic amines) is 1. The summed E-state index contributed by atoms with van der Waals surface area (Å²) in [5.41, 5.74) is 3.61. The Bertz CT molecular complexity index is 708. The number of ether oxygens (including phenoxy) is 2. The molecule has 0 N–H and O–H groups in total. The summed E-state index contributed by atoms with van der Waals surface area (Å²) in [5.74, 6) is -0.334. The second kappa shape index (κ2) is 8.93. The van der Waals surface area contributed by atoms with Crippen LogP contribution in [0.2, 0.25) is 0 Å². The van der Waals surface area contributed by atoms with E-state index in [1.165, 1.54) is 17.3 Å². The zero-order valence-corrected chi connectivity index (χ0v) is 16.1. The minimum Gasteiger partial charge on any atom is -0.459 e. The fourth-order valence-corrected chi connectivity index (χ4v) is 3.65. The first kappa shape index (κ1) is 19.3. The van der Waals surface area contributed by atoms with E-state index in [9.17, 15) is 9.59 Å². The second-order valence-electron chi connectivity index (χ2n) is 7.07. The molecule has 2 aliphatic rings. The molecule has 27 heavy (non-hydrogen) atoms. The number of esters is 1. The van der Waals surface area contributed by atoms with Gasteiger partial charge in [0.2, 0.25) is 0 Å². The quantitative estimate of drug-likeness (QED) is 0.600. The number of benzene rings is 1. The lowest BCUT2D eigenvalue weighted by molar-refractivity contribution is -0.144. The topological polar surface area (TPSA) is 59.1 Å². The number of nitrogens with zero attached hydrogens (tertiary/aromatic N) is 2. The van der Waals surface area contributed by atoms with E-state index >= 15 is 0 Å². The zero-order chi connectivity index (χ0) is 19.2. The normalized spacial score (nSPS) is 17.7. The van der Waals surface area contributed by atoms with Crippen LogP contribution in [0.1, 0.15) is 37.3 Å². The van der Waals surface area contributed by atoms with E-state index in [-0.39, 0.29) is 18.2 Å². The first-order chi connectivity index (χ1) is 13.1. The van der Waals surface area contributed by atoms with Gasteiger partial charge in [0.25, 0.3) is 0 Å². The van der Waals surface area contributed by atoms with Crippen LogP contribution in [0.15, 0.2) is 24.3 Å². The van der Waals surface area contributed by atoms with Gasteiger partial charge in [-0.15, -0.1) is 0 Å². The third-order valence-electron chi connectivity index (χ3n) is 5.12. The molecule has 1 aromatic carbocycles. The molecule has 0 bridgehead atoms. The van der Waals surface area contributed by atoms with Gasteiger partial charge in [0, 0.05) is 51.3 Å². The molecule has 0 spiro atoms. The van der Waals surface area contributed by atoms with Crippen LogP contribution in [-0.4, -0.2) is 56.4 Å². The van der Waals surface area contributed by atoms with Gasteiger partial charge in [-0.05, 0) is 49.1 Å². The highest BCUT2D eigenvalue weighted by atomic mass is 16.6. The van der Waals surface area contributed by atoms with Crippen LogP contribution in [0.4, 0.5) is 10.5 Å². The summed E-state index contributed by atoms with van der Waals surface area (Å²) in [6.07, 6.45) is 6.38. The van der Waals surface area contributed by atoms with Gasteiger partial charge >= 0.3 is 12.1 Å². The van der Waals surface area contributed by atoms with Gasteiger partial charge in [-0.1, -0.05) is 6.07 Å². The largest absolute Gasteiger partial charge is 0.459 e. The summed E-state index contributed by atoms with van der Waals surface area (Å²) < 4.78 is 10.5. The molecule has 146 valence electrons. The number of hydrogen-bond acceptors (Lipinski definition) is 5. The van der Waals surface area contributed by atoms with Crippen molar-refractivity contribution in [3.63, 3.8) is 0 Å². The summed E-state index contributed by atoms with van der Waals surface area (Å²) in [6, 6.07) is 6.29. The highest BCUT2D eigenvalue weighted by Gasteiger charge is 2.25. The molecule has 6 nitrogen and oxygen atoms in total. The molecule has 0 unspecified atom stereocenters. The maximum absolute atomic E-state index is 12.1. The summed E-state index contributed by atoms with van der Waals surface area (Å²) >= 11 is 0. The number of hydrogen-bond donors (Lipinski definition) is 0. The molecule has 0 aliphatic carbocycles. The summed E-state index contributed by atoms with van der Waals surface area (Å²) in [5, 5.41) is 0. The summed E-state index contributed by atoms with van der Waals surface area (Å²) in [6.45, 7) is 4.36. The van der Waals surface area contributed by atoms with Crippen molar-refractivity contribution in [2.24, 2.45) is 0 Å². The van der Waals surface area contributed by atoms with Crippen LogP contribution in [0.25, 0.3) is 6.08 Å². The van der Waals surface area contributed by atoms with Crippen LogP contribution >= 0.6 is 0 Å². The fraction of sp³-hybridized carbons (Fsp3) is 0.524. The van der Waals surface area contributed by atoms with Crippen molar-refractivity contribution in [2.75, 3.05) is 38.2 Å². The van der Waals surface area contributed by atoms with Gasteiger partial charge in [0.1, 0.15) is 6.10 Å². The van der Waals surface area contributed by atoms with Gasteiger partial charge < -0.3 is 19.3 Å². The lowest BCUT2D eigenvalue weighted by Crippen LogP contribution is -2.41. The van der Waals surface area contributed by atoms with E-state index < -0.39 is 0 Å². The highest BCUT2D eigenvalue weighted by molar-refractivity contribution is 5.87. The molecule has 1 amide bonds. The highest BCUT2D eigenvalue weighted by Crippen LogP contribution is 2.27. The van der Waals surface area contributed by atoms with Crippen molar-refractivity contribution in [1.82, 2.24) is 4.90 Å². The number of amides is 1. The van der Waals surface area contributed by atoms with E-state index in [0.29, 0.717) is 32.5 Å². The van der Waals surface area contributed by atoms with Crippen LogP contribution in [0.3, 0.4) is 0 Å². The van der Waals surface area contributed by atoms with Crippen molar-refractivity contribution in [3.8, 4) is 0 Å². The van der Waals surface area contributed by atoms with Gasteiger partial charge in [-0.3, -0.25) is 0 Å². The van der Waals surface area contributed by atoms with Gasteiger partial charge in [-0.2, -0.15) is 0 Å². The lowest BCUT2D eigenvalue weighted by Gasteiger charge is -2.30. The minimum absolute atomic E-state index is 0.148. The Hall–Kier alpha value is -2.50. The molecule has 6 heteroatoms. The first-order valence-electron chi connectivity index (χ1n) is 9.71. The van der Waals surface area contributed by atoms with Gasteiger partial charge in [0.15, 0.2) is 0 Å². The Balaban J connectivity index is 1.49. The van der Waals surface area contributed by atoms with E-state index in [1.54, 1.807) is 11.8 Å². The third-order valence-corrected chi connectivity index (χ3v) is 5.12. The molecular weight excluding hydrogens is 344 g/mol. The average molecular weight is 372 g/mol. The van der Waals surface area contributed by atoms with Crippen molar-refractivity contribution in [2.45, 2.75) is 38.7 Å². The fourth-order valence-electron chi connectivity index (χ4n) is 3.65. The molecule has 0 radical (unpaired) electrons. The van der Waals surface area contributed by atoms with Crippen molar-refractivity contribution < 1.29 is 19.1 Å². The zero-order valence-electron chi connectivity index (χ0n) is 16.1. The summed E-state index contributed by atoms with van der Waals surface area (Å²) in [7, 11) is 2.11. The Morgan fingerprint density at radius 1 is 1.22 bits per heavy atom. The van der Waals surface area contributed by atoms with Crippen LogP contribution in [0, 0.1) is 0 Å². The molecule has 1 fully saturated rings. The van der Waals surface area contributed by atoms with E-state index in [2.05, 4.69) is 24.1 Å². The number of anilines is 1. The standard InChI is InChI=1S/C21H28N2O4/c1-3-26-21(25)23-13-10-18(11-14-23)27-20(24)9-7-16-6-8-19-17(15-16)5-4-12-22(19)2/h6-9,15,18H,3-5,10-14H2,1-2H3. The van der Waals surface area contributed by atoms with Crippen molar-refractivity contribution >= 4 is 23.8 Å². The molecule has 2 heterocycles. The number of piperidine rings is 1. The van der Waals surface area contributed by atoms with Crippen molar-refractivity contribution in [1.29, 1.82) is 0 Å². The Morgan fingerprint density at radius 3 is 2.74 bits per heavy atom. The number of carbonyl (C=O) groups is 2. The number of rotatable bonds is 4. The Labute approximate surface area is 160 Å². The van der Waals surface area contributed by atoms with Gasteiger partial charge in [-0.25, -0.2) is 9.59 Å². The molecule has 2 aliphatic heterocycles. The van der Waals surface area contributed by atoms with Gasteiger partial charge in [0.05, 0.1) is 6.61 Å². The maximum atomic E-state index is 12.1. The molecule has 0 saturated carbocycles. The molecule has 3 rings (SSSR count). The SMILES string of the molecule is CCOC(=O)N1CCC(OC(=O)C=Cc2ccc3c(c2)CCCN3C)CC1. The molecule has 0 atom stereocenters. The second-order valence-corrected chi connectivity index (χ2v) is 7.07. The lowest BCUT2D eigenvalue weighted by atomic mass is 9.99. The maximum Gasteiger partial charge on any atom is 0.409 e. The van der Waals surface area contributed by atoms with E-state index in [0.717, 1.165) is 24.9 Å². The van der Waals surface area contributed by atoms with Crippen LogP contribution in [0.5, 0.6) is 0 Å².